The number of thiophene rings is 1. The molecule has 2 aromatic heterocycles. The van der Waals surface area contributed by atoms with Crippen LogP contribution in [0.3, 0.4) is 0 Å². The number of hydrogen-bond acceptors (Lipinski definition) is 6. The van der Waals surface area contributed by atoms with E-state index < -0.39 is 18.1 Å². The summed E-state index contributed by atoms with van der Waals surface area (Å²) in [5, 5.41) is 10.4. The van der Waals surface area contributed by atoms with Crippen LogP contribution in [0.5, 0.6) is 0 Å². The summed E-state index contributed by atoms with van der Waals surface area (Å²) in [6.07, 6.45) is 0.603. The van der Waals surface area contributed by atoms with E-state index in [9.17, 15) is 14.7 Å². The molecule has 1 N–H and O–H groups in total. The lowest BCUT2D eigenvalue weighted by molar-refractivity contribution is -0.138. The highest BCUT2D eigenvalue weighted by molar-refractivity contribution is 7.18. The zero-order valence-corrected chi connectivity index (χ0v) is 19.8. The van der Waals surface area contributed by atoms with Crippen molar-refractivity contribution < 1.29 is 19.4 Å². The molecule has 1 aliphatic rings. The second-order valence-corrected chi connectivity index (χ2v) is 9.55. The molecular weight excluding hydrogens is 450 g/mol. The zero-order valence-electron chi connectivity index (χ0n) is 19.0. The van der Waals surface area contributed by atoms with Gasteiger partial charge in [0.1, 0.15) is 23.8 Å². The molecule has 8 heteroatoms. The molecule has 4 aromatic rings. The van der Waals surface area contributed by atoms with Gasteiger partial charge in [0.05, 0.1) is 5.39 Å². The number of carbonyl (C=O) groups excluding carboxylic acids is 1. The Morgan fingerprint density at radius 1 is 1.06 bits per heavy atom. The van der Waals surface area contributed by atoms with Gasteiger partial charge in [0.15, 0.2) is 5.82 Å². The Kier molecular flexibility index (Phi) is 5.53. The number of aryl methyl sites for hydroxylation is 2. The first-order valence-electron chi connectivity index (χ1n) is 11.0. The predicted molar refractivity (Wildman–Crippen MR) is 132 cm³/mol. The average Bonchev–Trinajstić information content (AvgIpc) is 3.32. The van der Waals surface area contributed by atoms with Gasteiger partial charge >= 0.3 is 12.1 Å². The van der Waals surface area contributed by atoms with Crippen LogP contribution in [0.4, 0.5) is 10.6 Å². The van der Waals surface area contributed by atoms with E-state index in [2.05, 4.69) is 22.1 Å². The minimum atomic E-state index is -1.17. The summed E-state index contributed by atoms with van der Waals surface area (Å²) in [6, 6.07) is 15.0. The molecule has 0 fully saturated rings. The van der Waals surface area contributed by atoms with Gasteiger partial charge < -0.3 is 9.84 Å². The van der Waals surface area contributed by atoms with Crippen molar-refractivity contribution in [2.75, 3.05) is 11.5 Å². The summed E-state index contributed by atoms with van der Waals surface area (Å²) in [7, 11) is 0. The van der Waals surface area contributed by atoms with Gasteiger partial charge in [-0.2, -0.15) is 0 Å². The number of nitrogens with zero attached hydrogens (tertiary/aromatic N) is 3. The van der Waals surface area contributed by atoms with Crippen molar-refractivity contribution in [3.8, 4) is 11.1 Å². The number of ether oxygens (including phenoxy) is 1. The first-order valence-corrected chi connectivity index (χ1v) is 11.8. The Bertz CT molecular complexity index is 1390. The van der Waals surface area contributed by atoms with Crippen LogP contribution >= 0.6 is 11.3 Å². The lowest BCUT2D eigenvalue weighted by Crippen LogP contribution is -2.44. The van der Waals surface area contributed by atoms with Gasteiger partial charge in [-0.15, -0.1) is 11.3 Å². The number of aromatic nitrogens is 2. The van der Waals surface area contributed by atoms with Crippen LogP contribution in [-0.4, -0.2) is 39.8 Å². The molecule has 0 saturated heterocycles. The van der Waals surface area contributed by atoms with Crippen molar-refractivity contribution in [2.24, 2.45) is 0 Å². The third-order valence-electron chi connectivity index (χ3n) is 6.45. The highest BCUT2D eigenvalue weighted by Gasteiger charge is 2.34. The second-order valence-electron chi connectivity index (χ2n) is 8.35. The molecule has 0 radical (unpaired) electrons. The first-order chi connectivity index (χ1) is 16.4. The molecule has 0 unspecified atom stereocenters. The average molecular weight is 474 g/mol. The van der Waals surface area contributed by atoms with Gasteiger partial charge in [-0.25, -0.2) is 24.5 Å². The molecule has 7 nitrogen and oxygen atoms in total. The number of rotatable bonds is 5. The van der Waals surface area contributed by atoms with Crippen molar-refractivity contribution in [3.05, 3.63) is 76.4 Å². The molecule has 1 aliphatic carbocycles. The molecule has 34 heavy (non-hydrogen) atoms. The van der Waals surface area contributed by atoms with Crippen molar-refractivity contribution in [1.29, 1.82) is 0 Å². The molecule has 2 heterocycles. The lowest BCUT2D eigenvalue weighted by atomic mass is 9.98. The van der Waals surface area contributed by atoms with E-state index in [1.165, 1.54) is 24.6 Å². The van der Waals surface area contributed by atoms with Crippen LogP contribution in [0.25, 0.3) is 21.3 Å². The Labute approximate surface area is 200 Å². The van der Waals surface area contributed by atoms with Crippen LogP contribution in [0.2, 0.25) is 0 Å². The fourth-order valence-electron chi connectivity index (χ4n) is 4.55. The third-order valence-corrected chi connectivity index (χ3v) is 7.57. The van der Waals surface area contributed by atoms with E-state index in [0.717, 1.165) is 37.6 Å². The number of carbonyl (C=O) groups is 2. The van der Waals surface area contributed by atoms with Gasteiger partial charge in [0.25, 0.3) is 0 Å². The number of hydrogen-bond donors (Lipinski definition) is 1. The summed E-state index contributed by atoms with van der Waals surface area (Å²) in [6.45, 7) is 5.42. The normalized spacial score (nSPS) is 13.4. The first kappa shape index (κ1) is 22.0. The highest BCUT2D eigenvalue weighted by Crippen LogP contribution is 2.44. The Balaban J connectivity index is 1.50. The molecule has 2 aromatic carbocycles. The van der Waals surface area contributed by atoms with Crippen molar-refractivity contribution in [1.82, 2.24) is 9.97 Å². The maximum Gasteiger partial charge on any atom is 0.416 e. The van der Waals surface area contributed by atoms with Crippen LogP contribution in [0.1, 0.15) is 34.4 Å². The summed E-state index contributed by atoms with van der Waals surface area (Å²) < 4.78 is 5.79. The molecule has 5 rings (SSSR count). The fraction of sp³-hybridized carbons (Fsp3) is 0.231. The minimum Gasteiger partial charge on any atom is -0.480 e. The van der Waals surface area contributed by atoms with Crippen LogP contribution in [-0.2, 0) is 9.53 Å². The summed E-state index contributed by atoms with van der Waals surface area (Å²) in [5.41, 5.74) is 5.34. The number of amides is 1. The molecule has 0 saturated carbocycles. The summed E-state index contributed by atoms with van der Waals surface area (Å²) in [4.78, 5) is 36.8. The maximum absolute atomic E-state index is 13.4. The predicted octanol–water partition coefficient (Wildman–Crippen LogP) is 5.54. The van der Waals surface area contributed by atoms with E-state index in [4.69, 9.17) is 4.74 Å². The molecule has 0 spiro atoms. The van der Waals surface area contributed by atoms with Crippen LogP contribution < -0.4 is 4.90 Å². The van der Waals surface area contributed by atoms with Crippen LogP contribution in [0, 0.1) is 13.8 Å². The Morgan fingerprint density at radius 3 is 2.29 bits per heavy atom. The lowest BCUT2D eigenvalue weighted by Gasteiger charge is -2.26. The largest absolute Gasteiger partial charge is 0.480 e. The Morgan fingerprint density at radius 2 is 1.68 bits per heavy atom. The quantitative estimate of drug-likeness (QED) is 0.409. The van der Waals surface area contributed by atoms with Gasteiger partial charge in [-0.3, -0.25) is 0 Å². The minimum absolute atomic E-state index is 0.0889. The van der Waals surface area contributed by atoms with E-state index in [1.54, 1.807) is 0 Å². The molecule has 172 valence electrons. The standard InChI is InChI=1S/C26H23N3O4S/c1-14-16(3)34-24-22(14)23(27-13-28-24)29(15(2)25(30)31)26(32)33-12-21-19-10-6-4-8-17(19)18-9-5-7-11-20(18)21/h4-11,13,15,21H,12H2,1-3H3,(H,30,31)/t15-/m1/s1. The topological polar surface area (TPSA) is 92.6 Å². The van der Waals surface area contributed by atoms with E-state index in [-0.39, 0.29) is 18.3 Å². The highest BCUT2D eigenvalue weighted by atomic mass is 32.1. The molecule has 0 aliphatic heterocycles. The number of aliphatic carboxylic acids is 1. The molecular formula is C26H23N3O4S. The molecule has 0 bridgehead atoms. The van der Waals surface area contributed by atoms with Gasteiger partial charge in [0.2, 0.25) is 0 Å². The zero-order chi connectivity index (χ0) is 24.0. The van der Waals surface area contributed by atoms with Gasteiger partial charge in [0, 0.05) is 10.8 Å². The Hall–Kier alpha value is -3.78. The second kappa shape index (κ2) is 8.53. The maximum atomic E-state index is 13.4. The smallest absolute Gasteiger partial charge is 0.416 e. The van der Waals surface area contributed by atoms with E-state index >= 15 is 0 Å². The number of benzene rings is 2. The van der Waals surface area contributed by atoms with Crippen molar-refractivity contribution >= 4 is 39.4 Å². The number of anilines is 1. The number of carboxylic acid groups (broad SMARTS) is 1. The molecule has 1 atom stereocenters. The van der Waals surface area contributed by atoms with Crippen LogP contribution in [0.15, 0.2) is 54.9 Å². The monoisotopic (exact) mass is 473 g/mol. The van der Waals surface area contributed by atoms with Gasteiger partial charge in [-0.05, 0) is 48.6 Å². The van der Waals surface area contributed by atoms with Crippen molar-refractivity contribution in [3.63, 3.8) is 0 Å². The fourth-order valence-corrected chi connectivity index (χ4v) is 5.54. The van der Waals surface area contributed by atoms with Gasteiger partial charge in [-0.1, -0.05) is 48.5 Å². The van der Waals surface area contributed by atoms with E-state index in [0.29, 0.717) is 10.2 Å². The van der Waals surface area contributed by atoms with Crippen molar-refractivity contribution in [2.45, 2.75) is 32.7 Å². The number of fused-ring (bicyclic) bond motifs is 4. The summed E-state index contributed by atoms with van der Waals surface area (Å²) in [5.74, 6) is -1.03. The van der Waals surface area contributed by atoms with E-state index in [1.807, 2.05) is 50.2 Å². The summed E-state index contributed by atoms with van der Waals surface area (Å²) >= 11 is 1.48. The third kappa shape index (κ3) is 3.51. The SMILES string of the molecule is Cc1sc2ncnc(N(C(=O)OCC3c4ccccc4-c4ccccc43)[C@H](C)C(=O)O)c2c1C. The number of carboxylic acids is 1. The molecule has 1 amide bonds.